The summed E-state index contributed by atoms with van der Waals surface area (Å²) in [5, 5.41) is 8.98. The van der Waals surface area contributed by atoms with Gasteiger partial charge in [0.2, 0.25) is 0 Å². The van der Waals surface area contributed by atoms with E-state index in [9.17, 15) is 9.18 Å². The summed E-state index contributed by atoms with van der Waals surface area (Å²) in [7, 11) is 0. The Kier molecular flexibility index (Phi) is 5.99. The van der Waals surface area contributed by atoms with Crippen LogP contribution >= 0.6 is 15.9 Å². The standard InChI is InChI=1S/C15H19BrFNO3/c16-13-8-12(17)3-4-14(13)21-10-15(20)18-6-1-2-11(9-18)5-7-19/h3-4,8,11,19H,1-2,5-7,9-10H2. The Morgan fingerprint density at radius 2 is 2.33 bits per heavy atom. The maximum Gasteiger partial charge on any atom is 0.260 e. The molecule has 0 aliphatic carbocycles. The fraction of sp³-hybridized carbons (Fsp3) is 0.533. The molecular weight excluding hydrogens is 341 g/mol. The lowest BCUT2D eigenvalue weighted by Gasteiger charge is -2.32. The number of amides is 1. The van der Waals surface area contributed by atoms with Crippen LogP contribution in [-0.2, 0) is 4.79 Å². The molecule has 1 unspecified atom stereocenters. The molecule has 1 aliphatic rings. The number of rotatable bonds is 5. The van der Waals surface area contributed by atoms with Gasteiger partial charge in [-0.15, -0.1) is 0 Å². The molecule has 0 spiro atoms. The predicted octanol–water partition coefficient (Wildman–Crippen LogP) is 2.59. The molecule has 0 radical (unpaired) electrons. The Balaban J connectivity index is 1.86. The van der Waals surface area contributed by atoms with Gasteiger partial charge in [-0.1, -0.05) is 0 Å². The lowest BCUT2D eigenvalue weighted by atomic mass is 9.95. The molecular formula is C15H19BrFNO3. The molecule has 1 N–H and O–H groups in total. The molecule has 1 aliphatic heterocycles. The number of aliphatic hydroxyl groups is 1. The highest BCUT2D eigenvalue weighted by atomic mass is 79.9. The molecule has 1 saturated heterocycles. The normalized spacial score (nSPS) is 18.6. The first-order chi connectivity index (χ1) is 10.1. The predicted molar refractivity (Wildman–Crippen MR) is 80.6 cm³/mol. The van der Waals surface area contributed by atoms with E-state index in [-0.39, 0.29) is 24.9 Å². The van der Waals surface area contributed by atoms with Crippen LogP contribution in [0, 0.1) is 11.7 Å². The average Bonchev–Trinajstić information content (AvgIpc) is 2.47. The Morgan fingerprint density at radius 3 is 3.05 bits per heavy atom. The lowest BCUT2D eigenvalue weighted by molar-refractivity contribution is -0.135. The fourth-order valence-corrected chi connectivity index (χ4v) is 3.00. The van der Waals surface area contributed by atoms with Crippen LogP contribution in [0.3, 0.4) is 0 Å². The van der Waals surface area contributed by atoms with Gasteiger partial charge in [0.1, 0.15) is 11.6 Å². The number of aliphatic hydroxyl groups excluding tert-OH is 1. The van der Waals surface area contributed by atoms with Crippen molar-refractivity contribution in [3.63, 3.8) is 0 Å². The van der Waals surface area contributed by atoms with E-state index in [1.165, 1.54) is 18.2 Å². The van der Waals surface area contributed by atoms with Crippen molar-refractivity contribution in [2.24, 2.45) is 5.92 Å². The van der Waals surface area contributed by atoms with Gasteiger partial charge in [-0.25, -0.2) is 4.39 Å². The topological polar surface area (TPSA) is 49.8 Å². The number of likely N-dealkylation sites (tertiary alicyclic amines) is 1. The average molecular weight is 360 g/mol. The number of piperidine rings is 1. The summed E-state index contributed by atoms with van der Waals surface area (Å²) in [6.45, 7) is 1.50. The van der Waals surface area contributed by atoms with Crippen molar-refractivity contribution < 1.29 is 19.0 Å². The van der Waals surface area contributed by atoms with Crippen molar-refractivity contribution in [3.05, 3.63) is 28.5 Å². The van der Waals surface area contributed by atoms with Crippen LogP contribution in [-0.4, -0.2) is 42.2 Å². The van der Waals surface area contributed by atoms with Crippen LogP contribution in [0.5, 0.6) is 5.75 Å². The molecule has 0 saturated carbocycles. The largest absolute Gasteiger partial charge is 0.483 e. The quantitative estimate of drug-likeness (QED) is 0.878. The van der Waals surface area contributed by atoms with Crippen molar-refractivity contribution in [3.8, 4) is 5.75 Å². The molecule has 116 valence electrons. The minimum atomic E-state index is -0.358. The second kappa shape index (κ2) is 7.75. The molecule has 6 heteroatoms. The van der Waals surface area contributed by atoms with Crippen LogP contribution in [0.15, 0.2) is 22.7 Å². The molecule has 1 heterocycles. The van der Waals surface area contributed by atoms with Crippen molar-refractivity contribution >= 4 is 21.8 Å². The Labute approximate surface area is 132 Å². The van der Waals surface area contributed by atoms with Gasteiger partial charge in [-0.05, 0) is 59.3 Å². The Hall–Kier alpha value is -1.14. The maximum atomic E-state index is 13.0. The number of halogens is 2. The Morgan fingerprint density at radius 1 is 1.52 bits per heavy atom. The fourth-order valence-electron chi connectivity index (χ4n) is 2.53. The third-order valence-electron chi connectivity index (χ3n) is 3.65. The molecule has 1 aromatic rings. The van der Waals surface area contributed by atoms with Crippen LogP contribution < -0.4 is 4.74 Å². The minimum Gasteiger partial charge on any atom is -0.483 e. The van der Waals surface area contributed by atoms with Gasteiger partial charge in [-0.3, -0.25) is 4.79 Å². The lowest BCUT2D eigenvalue weighted by Crippen LogP contribution is -2.42. The number of benzene rings is 1. The zero-order chi connectivity index (χ0) is 15.2. The molecule has 0 bridgehead atoms. The SMILES string of the molecule is O=C(COc1ccc(F)cc1Br)N1CCCC(CCO)C1. The van der Waals surface area contributed by atoms with Crippen molar-refractivity contribution in [2.75, 3.05) is 26.3 Å². The van der Waals surface area contributed by atoms with Gasteiger partial charge in [0.25, 0.3) is 5.91 Å². The van der Waals surface area contributed by atoms with E-state index in [0.717, 1.165) is 25.8 Å². The van der Waals surface area contributed by atoms with E-state index in [1.807, 2.05) is 0 Å². The zero-order valence-electron chi connectivity index (χ0n) is 11.7. The summed E-state index contributed by atoms with van der Waals surface area (Å²) in [5.74, 6) is 0.385. The minimum absolute atomic E-state index is 0.0594. The monoisotopic (exact) mass is 359 g/mol. The highest BCUT2D eigenvalue weighted by Gasteiger charge is 2.23. The van der Waals surface area contributed by atoms with Gasteiger partial charge in [0.15, 0.2) is 6.61 Å². The van der Waals surface area contributed by atoms with Gasteiger partial charge < -0.3 is 14.7 Å². The molecule has 4 nitrogen and oxygen atoms in total. The number of hydrogen-bond donors (Lipinski definition) is 1. The molecule has 1 amide bonds. The van der Waals surface area contributed by atoms with Crippen LogP contribution in [0.4, 0.5) is 4.39 Å². The second-order valence-corrected chi connectivity index (χ2v) is 6.08. The van der Waals surface area contributed by atoms with E-state index >= 15 is 0 Å². The number of ether oxygens (including phenoxy) is 1. The number of nitrogens with zero attached hydrogens (tertiary/aromatic N) is 1. The maximum absolute atomic E-state index is 13.0. The smallest absolute Gasteiger partial charge is 0.260 e. The van der Waals surface area contributed by atoms with Crippen LogP contribution in [0.25, 0.3) is 0 Å². The van der Waals surface area contributed by atoms with Gasteiger partial charge in [0, 0.05) is 19.7 Å². The van der Waals surface area contributed by atoms with Crippen LogP contribution in [0.2, 0.25) is 0 Å². The third kappa shape index (κ3) is 4.68. The van der Waals surface area contributed by atoms with Crippen molar-refractivity contribution in [2.45, 2.75) is 19.3 Å². The van der Waals surface area contributed by atoms with Gasteiger partial charge in [0.05, 0.1) is 4.47 Å². The highest BCUT2D eigenvalue weighted by molar-refractivity contribution is 9.10. The van der Waals surface area contributed by atoms with Gasteiger partial charge in [-0.2, -0.15) is 0 Å². The van der Waals surface area contributed by atoms with Crippen LogP contribution in [0.1, 0.15) is 19.3 Å². The molecule has 1 aromatic carbocycles. The Bertz CT molecular complexity index is 496. The molecule has 2 rings (SSSR count). The van der Waals surface area contributed by atoms with E-state index in [1.54, 1.807) is 4.90 Å². The van der Waals surface area contributed by atoms with E-state index < -0.39 is 0 Å². The molecule has 0 aromatic heterocycles. The number of hydrogen-bond acceptors (Lipinski definition) is 3. The number of carbonyl (C=O) groups excluding carboxylic acids is 1. The number of carbonyl (C=O) groups is 1. The molecule has 1 atom stereocenters. The second-order valence-electron chi connectivity index (χ2n) is 5.22. The van der Waals surface area contributed by atoms with E-state index in [0.29, 0.717) is 22.7 Å². The first kappa shape index (κ1) is 16.2. The summed E-state index contributed by atoms with van der Waals surface area (Å²) < 4.78 is 18.9. The van der Waals surface area contributed by atoms with E-state index in [2.05, 4.69) is 15.9 Å². The first-order valence-corrected chi connectivity index (χ1v) is 7.86. The zero-order valence-corrected chi connectivity index (χ0v) is 13.3. The highest BCUT2D eigenvalue weighted by Crippen LogP contribution is 2.25. The molecule has 1 fully saturated rings. The summed E-state index contributed by atoms with van der Waals surface area (Å²) >= 11 is 3.21. The van der Waals surface area contributed by atoms with E-state index in [4.69, 9.17) is 9.84 Å². The summed E-state index contributed by atoms with van der Waals surface area (Å²) in [6, 6.07) is 4.10. The van der Waals surface area contributed by atoms with Crippen molar-refractivity contribution in [1.29, 1.82) is 0 Å². The van der Waals surface area contributed by atoms with Gasteiger partial charge >= 0.3 is 0 Å². The summed E-state index contributed by atoms with van der Waals surface area (Å²) in [4.78, 5) is 13.9. The van der Waals surface area contributed by atoms with Crippen molar-refractivity contribution in [1.82, 2.24) is 4.90 Å². The first-order valence-electron chi connectivity index (χ1n) is 7.06. The third-order valence-corrected chi connectivity index (χ3v) is 4.27. The summed E-state index contributed by atoms with van der Waals surface area (Å²) in [6.07, 6.45) is 2.74. The molecule has 21 heavy (non-hydrogen) atoms. The summed E-state index contributed by atoms with van der Waals surface area (Å²) in [5.41, 5.74) is 0.